The van der Waals surface area contributed by atoms with Crippen LogP contribution in [0.2, 0.25) is 5.02 Å². The molecule has 1 N–H and O–H groups in total. The molecule has 0 aliphatic carbocycles. The maximum atomic E-state index is 11.9. The molecule has 2 aromatic carbocycles. The maximum absolute atomic E-state index is 11.9. The molecule has 27 heavy (non-hydrogen) atoms. The fraction of sp³-hybridized carbons (Fsp3) is 0.167. The number of hydrazone groups is 1. The van der Waals surface area contributed by atoms with Crippen molar-refractivity contribution >= 4 is 23.2 Å². The minimum absolute atomic E-state index is 0.143. The molecule has 0 unspecified atom stereocenters. The lowest BCUT2D eigenvalue weighted by atomic mass is 10.1. The van der Waals surface area contributed by atoms with Crippen LogP contribution < -0.4 is 10.2 Å². The maximum Gasteiger partial charge on any atom is 0.277 e. The lowest BCUT2D eigenvalue weighted by molar-refractivity contribution is -0.123. The predicted octanol–water partition coefficient (Wildman–Crippen LogP) is 2.54. The Balaban J connectivity index is 1.54. The number of carbonyl (C=O) groups is 1. The molecular weight excluding hydrogens is 368 g/mol. The number of nitrogens with zero attached hydrogens (tertiary/aromatic N) is 5. The van der Waals surface area contributed by atoms with Crippen molar-refractivity contribution in [3.05, 3.63) is 64.9 Å². The van der Waals surface area contributed by atoms with Gasteiger partial charge in [-0.1, -0.05) is 23.7 Å². The van der Waals surface area contributed by atoms with E-state index in [0.717, 1.165) is 16.8 Å². The van der Waals surface area contributed by atoms with Crippen LogP contribution in [0.3, 0.4) is 0 Å². The van der Waals surface area contributed by atoms with Crippen LogP contribution in [0.4, 0.5) is 0 Å². The molecule has 3 rings (SSSR count). The molecule has 0 saturated heterocycles. The van der Waals surface area contributed by atoms with Gasteiger partial charge in [-0.2, -0.15) is 5.10 Å². The zero-order valence-corrected chi connectivity index (χ0v) is 15.5. The first-order chi connectivity index (χ1) is 13.0. The first-order valence-corrected chi connectivity index (χ1v) is 8.46. The van der Waals surface area contributed by atoms with Gasteiger partial charge in [-0.3, -0.25) is 4.79 Å². The Morgan fingerprint density at radius 2 is 2.04 bits per heavy atom. The molecule has 138 valence electrons. The number of tetrazole rings is 1. The van der Waals surface area contributed by atoms with E-state index in [9.17, 15) is 4.79 Å². The first-order valence-electron chi connectivity index (χ1n) is 8.09. The van der Waals surface area contributed by atoms with Crippen molar-refractivity contribution < 1.29 is 9.53 Å². The third-order valence-electron chi connectivity index (χ3n) is 3.75. The van der Waals surface area contributed by atoms with E-state index < -0.39 is 0 Å². The highest BCUT2D eigenvalue weighted by molar-refractivity contribution is 6.31. The summed E-state index contributed by atoms with van der Waals surface area (Å²) in [5, 5.41) is 15.8. The number of halogens is 1. The number of amides is 1. The van der Waals surface area contributed by atoms with Crippen molar-refractivity contribution in [2.45, 2.75) is 13.8 Å². The molecule has 0 atom stereocenters. The Labute approximate surface area is 160 Å². The van der Waals surface area contributed by atoms with Gasteiger partial charge >= 0.3 is 0 Å². The second kappa shape index (κ2) is 8.41. The lowest BCUT2D eigenvalue weighted by Gasteiger charge is -2.07. The van der Waals surface area contributed by atoms with Gasteiger partial charge in [0.25, 0.3) is 5.91 Å². The fourth-order valence-corrected chi connectivity index (χ4v) is 2.35. The Hall–Kier alpha value is -3.26. The summed E-state index contributed by atoms with van der Waals surface area (Å²) < 4.78 is 6.99. The minimum Gasteiger partial charge on any atom is -0.484 e. The van der Waals surface area contributed by atoms with E-state index in [1.807, 2.05) is 31.2 Å². The number of hydrogen-bond donors (Lipinski definition) is 1. The number of aromatic nitrogens is 4. The molecule has 9 heteroatoms. The van der Waals surface area contributed by atoms with Gasteiger partial charge in [0, 0.05) is 5.02 Å². The highest BCUT2D eigenvalue weighted by atomic mass is 35.5. The molecule has 0 aliphatic heterocycles. The summed E-state index contributed by atoms with van der Waals surface area (Å²) in [5.74, 6) is 0.221. The molecule has 0 bridgehead atoms. The van der Waals surface area contributed by atoms with Gasteiger partial charge in [-0.05, 0) is 65.7 Å². The van der Waals surface area contributed by atoms with E-state index >= 15 is 0 Å². The number of rotatable bonds is 6. The van der Waals surface area contributed by atoms with Crippen LogP contribution in [0.5, 0.6) is 5.75 Å². The van der Waals surface area contributed by atoms with Crippen LogP contribution in [0, 0.1) is 6.92 Å². The number of benzene rings is 2. The minimum atomic E-state index is -0.354. The number of hydrogen-bond acceptors (Lipinski definition) is 6. The molecule has 1 aromatic heterocycles. The number of aryl methyl sites for hydroxylation is 1. The highest BCUT2D eigenvalue weighted by Crippen LogP contribution is 2.20. The number of ether oxygens (including phenoxy) is 1. The van der Waals surface area contributed by atoms with Crippen molar-refractivity contribution in [3.8, 4) is 11.4 Å². The molecular formula is C18H17ClN6O2. The first kappa shape index (κ1) is 18.5. The van der Waals surface area contributed by atoms with E-state index in [4.69, 9.17) is 16.3 Å². The Kier molecular flexibility index (Phi) is 5.77. The summed E-state index contributed by atoms with van der Waals surface area (Å²) >= 11 is 5.96. The number of carbonyl (C=O) groups excluding carboxylic acids is 1. The zero-order chi connectivity index (χ0) is 19.2. The van der Waals surface area contributed by atoms with Crippen LogP contribution in [0.25, 0.3) is 5.69 Å². The van der Waals surface area contributed by atoms with Crippen molar-refractivity contribution in [3.63, 3.8) is 0 Å². The van der Waals surface area contributed by atoms with Crippen LogP contribution in [0.1, 0.15) is 18.1 Å². The number of nitrogens with one attached hydrogen (secondary N) is 1. The van der Waals surface area contributed by atoms with Gasteiger partial charge < -0.3 is 4.74 Å². The average molecular weight is 385 g/mol. The molecule has 0 fully saturated rings. The summed E-state index contributed by atoms with van der Waals surface area (Å²) in [6.45, 7) is 3.53. The summed E-state index contributed by atoms with van der Waals surface area (Å²) in [4.78, 5) is 11.9. The molecule has 3 aromatic rings. The normalized spacial score (nSPS) is 11.3. The Bertz CT molecular complexity index is 954. The molecule has 0 aliphatic rings. The van der Waals surface area contributed by atoms with Gasteiger partial charge in [0.2, 0.25) is 0 Å². The van der Waals surface area contributed by atoms with Gasteiger partial charge in [0.1, 0.15) is 12.1 Å². The zero-order valence-electron chi connectivity index (χ0n) is 14.8. The monoisotopic (exact) mass is 384 g/mol. The quantitative estimate of drug-likeness (QED) is 0.520. The van der Waals surface area contributed by atoms with Crippen molar-refractivity contribution in [1.82, 2.24) is 25.6 Å². The Morgan fingerprint density at radius 1 is 1.26 bits per heavy atom. The fourth-order valence-electron chi connectivity index (χ4n) is 2.23. The van der Waals surface area contributed by atoms with E-state index in [0.29, 0.717) is 16.5 Å². The standard InChI is InChI=1S/C18H17ClN6O2/c1-12-9-16(7-8-17(12)19)27-10-18(26)22-21-13(2)14-3-5-15(6-4-14)25-11-20-23-24-25/h3-9,11H,10H2,1-2H3,(H,22,26)/b21-13+. The van der Waals surface area contributed by atoms with Gasteiger partial charge in [-0.25, -0.2) is 10.1 Å². The van der Waals surface area contributed by atoms with Crippen LogP contribution in [-0.2, 0) is 4.79 Å². The average Bonchev–Trinajstić information content (AvgIpc) is 3.22. The lowest BCUT2D eigenvalue weighted by Crippen LogP contribution is -2.25. The predicted molar refractivity (Wildman–Crippen MR) is 101 cm³/mol. The molecule has 0 radical (unpaired) electrons. The van der Waals surface area contributed by atoms with E-state index in [1.54, 1.807) is 29.8 Å². The summed E-state index contributed by atoms with van der Waals surface area (Å²) in [6.07, 6.45) is 1.51. The SMILES string of the molecule is C/C(=N\NC(=O)COc1ccc(Cl)c(C)c1)c1ccc(-n2cnnn2)cc1. The van der Waals surface area contributed by atoms with Gasteiger partial charge in [-0.15, -0.1) is 5.10 Å². The second-order valence-electron chi connectivity index (χ2n) is 5.73. The van der Waals surface area contributed by atoms with E-state index in [2.05, 4.69) is 26.1 Å². The molecule has 8 nitrogen and oxygen atoms in total. The molecule has 1 heterocycles. The van der Waals surface area contributed by atoms with Crippen LogP contribution >= 0.6 is 11.6 Å². The van der Waals surface area contributed by atoms with Crippen molar-refractivity contribution in [2.75, 3.05) is 6.61 Å². The van der Waals surface area contributed by atoms with Gasteiger partial charge in [0.05, 0.1) is 11.4 Å². The van der Waals surface area contributed by atoms with Crippen LogP contribution in [-0.4, -0.2) is 38.4 Å². The topological polar surface area (TPSA) is 94.3 Å². The van der Waals surface area contributed by atoms with Crippen molar-refractivity contribution in [1.29, 1.82) is 0 Å². The molecule has 1 amide bonds. The summed E-state index contributed by atoms with van der Waals surface area (Å²) in [6, 6.07) is 12.7. The third-order valence-corrected chi connectivity index (χ3v) is 4.17. The molecule has 0 spiro atoms. The summed E-state index contributed by atoms with van der Waals surface area (Å²) in [5.41, 5.74) is 5.71. The van der Waals surface area contributed by atoms with Gasteiger partial charge in [0.15, 0.2) is 6.61 Å². The molecule has 0 saturated carbocycles. The Morgan fingerprint density at radius 3 is 2.70 bits per heavy atom. The third kappa shape index (κ3) is 4.89. The van der Waals surface area contributed by atoms with E-state index in [1.165, 1.54) is 6.33 Å². The van der Waals surface area contributed by atoms with E-state index in [-0.39, 0.29) is 12.5 Å². The van der Waals surface area contributed by atoms with Crippen molar-refractivity contribution in [2.24, 2.45) is 5.10 Å². The van der Waals surface area contributed by atoms with Crippen LogP contribution in [0.15, 0.2) is 53.9 Å². The smallest absolute Gasteiger partial charge is 0.277 e. The summed E-state index contributed by atoms with van der Waals surface area (Å²) in [7, 11) is 0. The second-order valence-corrected chi connectivity index (χ2v) is 6.14. The largest absolute Gasteiger partial charge is 0.484 e. The highest BCUT2D eigenvalue weighted by Gasteiger charge is 2.05.